The third kappa shape index (κ3) is 3.71. The summed E-state index contributed by atoms with van der Waals surface area (Å²) in [5, 5.41) is 8.51. The third-order valence-corrected chi connectivity index (χ3v) is 5.37. The fourth-order valence-electron chi connectivity index (χ4n) is 3.67. The molecule has 1 amide bonds. The summed E-state index contributed by atoms with van der Waals surface area (Å²) in [6.07, 6.45) is 9.22. The Labute approximate surface area is 158 Å². The number of aryl methyl sites for hydroxylation is 1. The molecule has 1 aliphatic heterocycles. The van der Waals surface area contributed by atoms with Crippen LogP contribution in [0, 0.1) is 6.92 Å². The summed E-state index contributed by atoms with van der Waals surface area (Å²) < 4.78 is 3.62. The summed E-state index contributed by atoms with van der Waals surface area (Å²) in [4.78, 5) is 21.8. The Hall–Kier alpha value is -2.74. The average Bonchev–Trinajstić information content (AvgIpc) is 3.35. The summed E-state index contributed by atoms with van der Waals surface area (Å²) in [6, 6.07) is 4.08. The Morgan fingerprint density at radius 3 is 2.78 bits per heavy atom. The maximum Gasteiger partial charge on any atom is 0.259 e. The Morgan fingerprint density at radius 1 is 1.22 bits per heavy atom. The summed E-state index contributed by atoms with van der Waals surface area (Å²) in [5.41, 5.74) is 2.08. The first-order valence-electron chi connectivity index (χ1n) is 9.40. The number of fused-ring (bicyclic) bond motifs is 1. The van der Waals surface area contributed by atoms with E-state index in [9.17, 15) is 4.79 Å². The monoisotopic (exact) mass is 367 g/mol. The van der Waals surface area contributed by atoms with Crippen molar-refractivity contribution in [1.29, 1.82) is 0 Å². The molecule has 4 heterocycles. The molecule has 8 heteroatoms. The van der Waals surface area contributed by atoms with Gasteiger partial charge < -0.3 is 9.80 Å². The first-order chi connectivity index (χ1) is 13.1. The van der Waals surface area contributed by atoms with E-state index in [-0.39, 0.29) is 11.9 Å². The largest absolute Gasteiger partial charge is 0.338 e. The van der Waals surface area contributed by atoms with Crippen molar-refractivity contribution in [2.45, 2.75) is 32.4 Å². The highest BCUT2D eigenvalue weighted by Crippen LogP contribution is 2.19. The average molecular weight is 367 g/mol. The van der Waals surface area contributed by atoms with Crippen molar-refractivity contribution in [2.75, 3.05) is 26.7 Å². The molecule has 0 atom stereocenters. The molecule has 0 saturated carbocycles. The van der Waals surface area contributed by atoms with Gasteiger partial charge >= 0.3 is 0 Å². The van der Waals surface area contributed by atoms with E-state index in [2.05, 4.69) is 20.1 Å². The van der Waals surface area contributed by atoms with Crippen LogP contribution in [0.4, 0.5) is 0 Å². The first kappa shape index (κ1) is 17.7. The van der Waals surface area contributed by atoms with E-state index >= 15 is 0 Å². The number of carbonyl (C=O) groups is 1. The molecule has 4 rings (SSSR count). The predicted octanol–water partition coefficient (Wildman–Crippen LogP) is 1.47. The van der Waals surface area contributed by atoms with Crippen molar-refractivity contribution < 1.29 is 4.79 Å². The first-order valence-corrected chi connectivity index (χ1v) is 9.40. The molecule has 0 aromatic carbocycles. The molecule has 3 aromatic rings. The van der Waals surface area contributed by atoms with Crippen molar-refractivity contribution in [3.8, 4) is 0 Å². The molecular formula is C19H25N7O. The molecule has 0 unspecified atom stereocenters. The zero-order chi connectivity index (χ0) is 18.8. The van der Waals surface area contributed by atoms with E-state index in [1.165, 1.54) is 0 Å². The Balaban J connectivity index is 1.36. The lowest BCUT2D eigenvalue weighted by Crippen LogP contribution is -2.46. The van der Waals surface area contributed by atoms with Gasteiger partial charge in [-0.25, -0.2) is 9.50 Å². The molecule has 142 valence electrons. The van der Waals surface area contributed by atoms with Gasteiger partial charge in [-0.2, -0.15) is 10.2 Å². The van der Waals surface area contributed by atoms with Crippen LogP contribution in [-0.2, 0) is 6.54 Å². The van der Waals surface area contributed by atoms with Gasteiger partial charge in [-0.05, 0) is 31.9 Å². The van der Waals surface area contributed by atoms with Crippen LogP contribution in [0.15, 0.2) is 36.9 Å². The smallest absolute Gasteiger partial charge is 0.259 e. The molecule has 0 N–H and O–H groups in total. The number of amides is 1. The van der Waals surface area contributed by atoms with E-state index in [0.717, 1.165) is 44.7 Å². The van der Waals surface area contributed by atoms with Crippen LogP contribution in [-0.4, -0.2) is 72.8 Å². The molecule has 0 aliphatic carbocycles. The lowest BCUT2D eigenvalue weighted by molar-refractivity contribution is 0.0641. The molecular weight excluding hydrogens is 342 g/mol. The second-order valence-electron chi connectivity index (χ2n) is 7.15. The maximum absolute atomic E-state index is 13.0. The molecule has 3 aromatic heterocycles. The van der Waals surface area contributed by atoms with Gasteiger partial charge in [0.05, 0.1) is 12.7 Å². The number of likely N-dealkylation sites (tertiary alicyclic amines) is 1. The SMILES string of the molecule is Cc1ccn2ncc(C(=O)N(C)C3CCN(CCn4cccn4)CC3)c2n1. The van der Waals surface area contributed by atoms with E-state index in [0.29, 0.717) is 11.2 Å². The fourth-order valence-corrected chi connectivity index (χ4v) is 3.67. The second-order valence-corrected chi connectivity index (χ2v) is 7.15. The van der Waals surface area contributed by atoms with E-state index < -0.39 is 0 Å². The van der Waals surface area contributed by atoms with E-state index in [4.69, 9.17) is 0 Å². The quantitative estimate of drug-likeness (QED) is 0.683. The third-order valence-electron chi connectivity index (χ3n) is 5.37. The number of rotatable bonds is 5. The van der Waals surface area contributed by atoms with Crippen molar-refractivity contribution in [3.05, 3.63) is 48.2 Å². The minimum absolute atomic E-state index is 0.00177. The van der Waals surface area contributed by atoms with Gasteiger partial charge in [-0.15, -0.1) is 0 Å². The lowest BCUT2D eigenvalue weighted by atomic mass is 10.0. The zero-order valence-corrected chi connectivity index (χ0v) is 15.8. The molecule has 0 radical (unpaired) electrons. The van der Waals surface area contributed by atoms with Crippen molar-refractivity contribution in [1.82, 2.24) is 34.2 Å². The normalized spacial score (nSPS) is 16.1. The van der Waals surface area contributed by atoms with Gasteiger partial charge in [0.25, 0.3) is 5.91 Å². The van der Waals surface area contributed by atoms with Gasteiger partial charge in [-0.1, -0.05) is 0 Å². The summed E-state index contributed by atoms with van der Waals surface area (Å²) in [7, 11) is 1.89. The second kappa shape index (κ2) is 7.48. The highest BCUT2D eigenvalue weighted by Gasteiger charge is 2.27. The summed E-state index contributed by atoms with van der Waals surface area (Å²) in [6.45, 7) is 5.80. The number of hydrogen-bond acceptors (Lipinski definition) is 5. The van der Waals surface area contributed by atoms with Crippen LogP contribution >= 0.6 is 0 Å². The number of piperidine rings is 1. The Kier molecular flexibility index (Phi) is 4.89. The number of carbonyl (C=O) groups excluding carboxylic acids is 1. The van der Waals surface area contributed by atoms with E-state index in [1.54, 1.807) is 10.7 Å². The molecule has 27 heavy (non-hydrogen) atoms. The molecule has 0 bridgehead atoms. The van der Waals surface area contributed by atoms with Crippen molar-refractivity contribution >= 4 is 11.6 Å². The van der Waals surface area contributed by atoms with Crippen LogP contribution in [0.3, 0.4) is 0 Å². The van der Waals surface area contributed by atoms with Crippen molar-refractivity contribution in [3.63, 3.8) is 0 Å². The van der Waals surface area contributed by atoms with Crippen LogP contribution in [0.25, 0.3) is 5.65 Å². The molecule has 1 aliphatic rings. The molecule has 8 nitrogen and oxygen atoms in total. The molecule has 0 spiro atoms. The van der Waals surface area contributed by atoms with Gasteiger partial charge in [0, 0.05) is 57.0 Å². The molecule has 1 fully saturated rings. The van der Waals surface area contributed by atoms with Crippen molar-refractivity contribution in [2.24, 2.45) is 0 Å². The van der Waals surface area contributed by atoms with Crippen LogP contribution in [0.5, 0.6) is 0 Å². The zero-order valence-electron chi connectivity index (χ0n) is 15.8. The minimum Gasteiger partial charge on any atom is -0.338 e. The highest BCUT2D eigenvalue weighted by atomic mass is 16.2. The minimum atomic E-state index is -0.00177. The van der Waals surface area contributed by atoms with Crippen LogP contribution in [0.1, 0.15) is 28.9 Å². The lowest BCUT2D eigenvalue weighted by Gasteiger charge is -2.36. The van der Waals surface area contributed by atoms with E-state index in [1.807, 2.05) is 54.3 Å². The fraction of sp³-hybridized carbons (Fsp3) is 0.474. The van der Waals surface area contributed by atoms with Crippen LogP contribution in [0.2, 0.25) is 0 Å². The van der Waals surface area contributed by atoms with Gasteiger partial charge in [0.1, 0.15) is 5.56 Å². The predicted molar refractivity (Wildman–Crippen MR) is 102 cm³/mol. The number of hydrogen-bond donors (Lipinski definition) is 0. The van der Waals surface area contributed by atoms with Crippen LogP contribution < -0.4 is 0 Å². The maximum atomic E-state index is 13.0. The topological polar surface area (TPSA) is 71.6 Å². The standard InChI is InChI=1S/C19H25N7O/c1-15-4-11-26-18(22-15)17(14-21-26)19(27)23(2)16-5-9-24(10-6-16)12-13-25-8-3-7-20-25/h3-4,7-8,11,14,16H,5-6,9-10,12-13H2,1-2H3. The summed E-state index contributed by atoms with van der Waals surface area (Å²) >= 11 is 0. The Morgan fingerprint density at radius 2 is 2.04 bits per heavy atom. The summed E-state index contributed by atoms with van der Waals surface area (Å²) in [5.74, 6) is -0.00177. The number of nitrogens with zero attached hydrogens (tertiary/aromatic N) is 7. The van der Waals surface area contributed by atoms with Gasteiger partial charge in [0.2, 0.25) is 0 Å². The van der Waals surface area contributed by atoms with Gasteiger partial charge in [-0.3, -0.25) is 9.48 Å². The number of aromatic nitrogens is 5. The highest BCUT2D eigenvalue weighted by molar-refractivity contribution is 5.99. The Bertz CT molecular complexity index is 909. The van der Waals surface area contributed by atoms with Gasteiger partial charge in [0.15, 0.2) is 5.65 Å². The molecule has 1 saturated heterocycles.